The van der Waals surface area contributed by atoms with Gasteiger partial charge in [0, 0.05) is 36.5 Å². The minimum absolute atomic E-state index is 0.0736. The van der Waals surface area contributed by atoms with Crippen LogP contribution in [0.1, 0.15) is 45.2 Å². The van der Waals surface area contributed by atoms with Gasteiger partial charge in [-0.3, -0.25) is 9.78 Å². The molecule has 0 aliphatic rings. The maximum atomic E-state index is 12.4. The van der Waals surface area contributed by atoms with Crippen LogP contribution in [0.15, 0.2) is 24.7 Å². The van der Waals surface area contributed by atoms with E-state index in [1.54, 1.807) is 13.2 Å². The molecule has 128 valence electrons. The number of hydrogen-bond acceptors (Lipinski definition) is 6. The molecular weight excluding hydrogens is 310 g/mol. The molecule has 0 aliphatic carbocycles. The van der Waals surface area contributed by atoms with E-state index < -0.39 is 5.97 Å². The van der Waals surface area contributed by atoms with E-state index in [1.165, 1.54) is 18.6 Å². The van der Waals surface area contributed by atoms with Gasteiger partial charge in [0.2, 0.25) is 5.78 Å². The first-order chi connectivity index (χ1) is 11.5. The van der Waals surface area contributed by atoms with Crippen LogP contribution in [0.5, 0.6) is 0 Å². The van der Waals surface area contributed by atoms with Crippen LogP contribution in [0.3, 0.4) is 0 Å². The highest BCUT2D eigenvalue weighted by Gasteiger charge is 2.20. The number of aromatic nitrogens is 3. The number of nitrogens with zero attached hydrogens (tertiary/aromatic N) is 3. The largest absolute Gasteiger partial charge is 0.453 e. The molecule has 0 saturated carbocycles. The fourth-order valence-corrected chi connectivity index (χ4v) is 2.74. The highest BCUT2D eigenvalue weighted by Crippen LogP contribution is 2.21. The van der Waals surface area contributed by atoms with Crippen molar-refractivity contribution in [2.75, 3.05) is 20.3 Å². The van der Waals surface area contributed by atoms with Gasteiger partial charge in [-0.05, 0) is 26.8 Å². The van der Waals surface area contributed by atoms with Gasteiger partial charge in [-0.1, -0.05) is 0 Å². The minimum atomic E-state index is -0.669. The number of ketones is 1. The summed E-state index contributed by atoms with van der Waals surface area (Å²) in [7, 11) is 1.64. The van der Waals surface area contributed by atoms with Crippen molar-refractivity contribution >= 4 is 11.8 Å². The Hall–Kier alpha value is -2.54. The molecular formula is C17H21N3O4. The third-order valence-corrected chi connectivity index (χ3v) is 3.74. The lowest BCUT2D eigenvalue weighted by Gasteiger charge is -2.17. The van der Waals surface area contributed by atoms with Gasteiger partial charge >= 0.3 is 5.97 Å². The van der Waals surface area contributed by atoms with Crippen LogP contribution < -0.4 is 0 Å². The molecule has 0 spiro atoms. The zero-order valence-electron chi connectivity index (χ0n) is 14.3. The van der Waals surface area contributed by atoms with Gasteiger partial charge in [0.25, 0.3) is 0 Å². The Morgan fingerprint density at radius 2 is 2.04 bits per heavy atom. The van der Waals surface area contributed by atoms with Crippen molar-refractivity contribution in [1.29, 1.82) is 0 Å². The van der Waals surface area contributed by atoms with Crippen molar-refractivity contribution < 1.29 is 19.1 Å². The van der Waals surface area contributed by atoms with E-state index in [-0.39, 0.29) is 24.1 Å². The van der Waals surface area contributed by atoms with Crippen LogP contribution in [0.2, 0.25) is 0 Å². The first kappa shape index (κ1) is 17.8. The summed E-state index contributed by atoms with van der Waals surface area (Å²) < 4.78 is 12.3. The predicted octanol–water partition coefficient (Wildman–Crippen LogP) is 2.14. The van der Waals surface area contributed by atoms with Gasteiger partial charge in [-0.15, -0.1) is 0 Å². The summed E-state index contributed by atoms with van der Waals surface area (Å²) in [5.74, 6) is -0.922. The van der Waals surface area contributed by atoms with E-state index in [4.69, 9.17) is 9.47 Å². The normalized spacial score (nSPS) is 12.0. The molecule has 7 nitrogen and oxygen atoms in total. The summed E-state index contributed by atoms with van der Waals surface area (Å²) >= 11 is 0. The number of ether oxygens (including phenoxy) is 2. The smallest absolute Gasteiger partial charge is 0.358 e. The van der Waals surface area contributed by atoms with E-state index in [0.29, 0.717) is 12.2 Å². The number of aryl methyl sites for hydroxylation is 1. The molecule has 0 radical (unpaired) electrons. The lowest BCUT2D eigenvalue weighted by Crippen LogP contribution is -2.17. The Balaban J connectivity index is 2.08. The van der Waals surface area contributed by atoms with Crippen LogP contribution >= 0.6 is 0 Å². The number of hydrogen-bond donors (Lipinski definition) is 0. The molecule has 2 rings (SSSR count). The molecule has 0 bridgehead atoms. The second-order valence-electron chi connectivity index (χ2n) is 5.55. The minimum Gasteiger partial charge on any atom is -0.453 e. The molecule has 0 fully saturated rings. The first-order valence-electron chi connectivity index (χ1n) is 7.59. The number of rotatable bonds is 7. The molecule has 24 heavy (non-hydrogen) atoms. The monoisotopic (exact) mass is 331 g/mol. The Labute approximate surface area is 140 Å². The van der Waals surface area contributed by atoms with E-state index in [1.807, 2.05) is 25.3 Å². The molecule has 0 aliphatic heterocycles. The number of esters is 1. The zero-order chi connectivity index (χ0) is 17.7. The highest BCUT2D eigenvalue weighted by atomic mass is 16.5. The third kappa shape index (κ3) is 3.86. The maximum absolute atomic E-state index is 12.4. The van der Waals surface area contributed by atoms with Crippen molar-refractivity contribution in [3.8, 4) is 0 Å². The fourth-order valence-electron chi connectivity index (χ4n) is 2.74. The van der Waals surface area contributed by atoms with Gasteiger partial charge < -0.3 is 14.0 Å². The van der Waals surface area contributed by atoms with Crippen molar-refractivity contribution in [3.63, 3.8) is 0 Å². The van der Waals surface area contributed by atoms with Crippen molar-refractivity contribution in [2.45, 2.75) is 26.8 Å². The van der Waals surface area contributed by atoms with Crippen molar-refractivity contribution in [3.05, 3.63) is 47.3 Å². The molecule has 7 heteroatoms. The third-order valence-electron chi connectivity index (χ3n) is 3.74. The quantitative estimate of drug-likeness (QED) is 0.571. The Bertz CT molecular complexity index is 725. The molecule has 0 amide bonds. The van der Waals surface area contributed by atoms with Gasteiger partial charge in [0.15, 0.2) is 12.3 Å². The number of carbonyl (C=O) groups is 2. The second kappa shape index (κ2) is 7.83. The molecule has 2 aromatic rings. The topological polar surface area (TPSA) is 83.3 Å². The molecule has 2 aromatic heterocycles. The second-order valence-corrected chi connectivity index (χ2v) is 5.55. The summed E-state index contributed by atoms with van der Waals surface area (Å²) in [5, 5.41) is 0. The highest BCUT2D eigenvalue weighted by molar-refractivity contribution is 6.00. The van der Waals surface area contributed by atoms with Crippen LogP contribution in [0.4, 0.5) is 0 Å². The lowest BCUT2D eigenvalue weighted by atomic mass is 10.1. The summed E-state index contributed by atoms with van der Waals surface area (Å²) in [6.45, 7) is 6.04. The van der Waals surface area contributed by atoms with Crippen LogP contribution in [-0.4, -0.2) is 46.6 Å². The summed E-state index contributed by atoms with van der Waals surface area (Å²) in [6.07, 6.45) is 4.15. The van der Waals surface area contributed by atoms with Crippen LogP contribution in [-0.2, 0) is 9.47 Å². The van der Waals surface area contributed by atoms with E-state index >= 15 is 0 Å². The van der Waals surface area contributed by atoms with E-state index in [9.17, 15) is 9.59 Å². The van der Waals surface area contributed by atoms with Gasteiger partial charge in [-0.2, -0.15) is 0 Å². The van der Waals surface area contributed by atoms with Crippen molar-refractivity contribution in [1.82, 2.24) is 14.5 Å². The first-order valence-corrected chi connectivity index (χ1v) is 7.59. The summed E-state index contributed by atoms with van der Waals surface area (Å²) in [6, 6.07) is 1.92. The van der Waals surface area contributed by atoms with Crippen LogP contribution in [0.25, 0.3) is 0 Å². The fraction of sp³-hybridized carbons (Fsp3) is 0.412. The molecule has 0 aromatic carbocycles. The average molecular weight is 331 g/mol. The molecule has 2 heterocycles. The Morgan fingerprint density at radius 1 is 1.29 bits per heavy atom. The SMILES string of the molecule is COC[C@H](C)n1c(C)cc(C(=O)COC(=O)c2cnccn2)c1C. The number of carbonyl (C=O) groups excluding carboxylic acids is 2. The standard InChI is InChI=1S/C17H21N3O4/c1-11-7-14(13(3)20(11)12(2)9-23-4)16(21)10-24-17(22)15-8-18-5-6-19-15/h5-8,12H,9-10H2,1-4H3/t12-/m0/s1. The molecule has 0 N–H and O–H groups in total. The lowest BCUT2D eigenvalue weighted by molar-refractivity contribution is 0.0468. The Kier molecular flexibility index (Phi) is 5.81. The number of Topliss-reactive ketones (excluding diaryl/α,β-unsaturated/α-hetero) is 1. The van der Waals surface area contributed by atoms with Crippen LogP contribution in [0, 0.1) is 13.8 Å². The maximum Gasteiger partial charge on any atom is 0.358 e. The van der Waals surface area contributed by atoms with Gasteiger partial charge in [0.05, 0.1) is 18.8 Å². The molecule has 0 unspecified atom stereocenters. The Morgan fingerprint density at radius 3 is 2.67 bits per heavy atom. The summed E-state index contributed by atoms with van der Waals surface area (Å²) in [4.78, 5) is 31.9. The van der Waals surface area contributed by atoms with Gasteiger partial charge in [0.1, 0.15) is 0 Å². The van der Waals surface area contributed by atoms with E-state index in [0.717, 1.165) is 11.4 Å². The zero-order valence-corrected chi connectivity index (χ0v) is 14.3. The molecule has 1 atom stereocenters. The average Bonchev–Trinajstić information content (AvgIpc) is 2.88. The predicted molar refractivity (Wildman–Crippen MR) is 87.1 cm³/mol. The summed E-state index contributed by atoms with van der Waals surface area (Å²) in [5.41, 5.74) is 2.41. The number of methoxy groups -OCH3 is 1. The van der Waals surface area contributed by atoms with Crippen molar-refractivity contribution in [2.24, 2.45) is 0 Å². The van der Waals surface area contributed by atoms with Gasteiger partial charge in [-0.25, -0.2) is 9.78 Å². The molecule has 0 saturated heterocycles. The van der Waals surface area contributed by atoms with E-state index in [2.05, 4.69) is 9.97 Å².